The Balaban J connectivity index is 1.87. The van der Waals surface area contributed by atoms with Crippen molar-refractivity contribution < 1.29 is 9.53 Å². The Labute approximate surface area is 142 Å². The van der Waals surface area contributed by atoms with Crippen LogP contribution in [0.2, 0.25) is 0 Å². The third kappa shape index (κ3) is 3.79. The molecule has 0 saturated carbocycles. The van der Waals surface area contributed by atoms with Gasteiger partial charge in [-0.2, -0.15) is 0 Å². The maximum Gasteiger partial charge on any atom is 0.255 e. The molecule has 24 heavy (non-hydrogen) atoms. The number of nitrogens with one attached hydrogen (secondary N) is 1. The van der Waals surface area contributed by atoms with Crippen LogP contribution >= 0.6 is 0 Å². The first-order chi connectivity index (χ1) is 11.7. The van der Waals surface area contributed by atoms with Crippen molar-refractivity contribution >= 4 is 5.91 Å². The number of aromatic nitrogens is 2. The fourth-order valence-electron chi connectivity index (χ4n) is 2.87. The van der Waals surface area contributed by atoms with Crippen LogP contribution in [0.5, 0.6) is 0 Å². The highest BCUT2D eigenvalue weighted by atomic mass is 16.5. The number of nitrogens with zero attached hydrogens (tertiary/aromatic N) is 2. The molecule has 1 N–H and O–H groups in total. The van der Waals surface area contributed by atoms with E-state index in [1.54, 1.807) is 6.20 Å². The zero-order valence-corrected chi connectivity index (χ0v) is 14.2. The van der Waals surface area contributed by atoms with Crippen LogP contribution in [0.1, 0.15) is 41.5 Å². The van der Waals surface area contributed by atoms with Crippen LogP contribution in [-0.4, -0.2) is 35.1 Å². The van der Waals surface area contributed by atoms with E-state index < -0.39 is 0 Å². The number of ether oxygens (including phenoxy) is 1. The van der Waals surface area contributed by atoms with Crippen molar-refractivity contribution in [1.29, 1.82) is 0 Å². The molecule has 1 saturated heterocycles. The second-order valence-electron chi connectivity index (χ2n) is 6.12. The molecule has 1 aromatic heterocycles. The third-order valence-corrected chi connectivity index (χ3v) is 4.21. The van der Waals surface area contributed by atoms with Crippen LogP contribution in [0.15, 0.2) is 30.5 Å². The molecule has 1 aliphatic heterocycles. The second-order valence-corrected chi connectivity index (χ2v) is 6.12. The number of carbonyl (C=O) groups excluding carboxylic acids is 1. The molecule has 1 aliphatic rings. The fraction of sp³-hybridized carbons (Fsp3) is 0.421. The quantitative estimate of drug-likeness (QED) is 0.918. The van der Waals surface area contributed by atoms with E-state index >= 15 is 0 Å². The molecule has 126 valence electrons. The number of hydrogen-bond donors (Lipinski definition) is 1. The Hall–Kier alpha value is -2.27. The zero-order valence-electron chi connectivity index (χ0n) is 14.2. The highest BCUT2D eigenvalue weighted by Crippen LogP contribution is 2.22. The van der Waals surface area contributed by atoms with Crippen LogP contribution in [0.25, 0.3) is 11.3 Å². The minimum absolute atomic E-state index is 0.118. The summed E-state index contributed by atoms with van der Waals surface area (Å²) < 4.78 is 5.56. The van der Waals surface area contributed by atoms with Crippen molar-refractivity contribution in [3.05, 3.63) is 47.4 Å². The zero-order chi connectivity index (χ0) is 16.9. The van der Waals surface area contributed by atoms with Gasteiger partial charge in [0, 0.05) is 31.3 Å². The number of hydrogen-bond acceptors (Lipinski definition) is 4. The predicted molar refractivity (Wildman–Crippen MR) is 92.9 cm³/mol. The number of amides is 1. The SMILES string of the molecule is CCc1ncc(C(=O)NC[C@@H]2CCCO2)c(-c2cccc(C)c2)n1. The first-order valence-electron chi connectivity index (χ1n) is 8.50. The van der Waals surface area contributed by atoms with Crippen molar-refractivity contribution in [2.45, 2.75) is 39.2 Å². The van der Waals surface area contributed by atoms with Gasteiger partial charge in [-0.15, -0.1) is 0 Å². The van der Waals surface area contributed by atoms with Crippen LogP contribution in [0, 0.1) is 6.92 Å². The number of aryl methyl sites for hydroxylation is 2. The highest BCUT2D eigenvalue weighted by Gasteiger charge is 2.20. The van der Waals surface area contributed by atoms with Gasteiger partial charge < -0.3 is 10.1 Å². The van der Waals surface area contributed by atoms with Gasteiger partial charge in [-0.25, -0.2) is 9.97 Å². The molecule has 2 aromatic rings. The van der Waals surface area contributed by atoms with Crippen LogP contribution < -0.4 is 5.32 Å². The monoisotopic (exact) mass is 325 g/mol. The summed E-state index contributed by atoms with van der Waals surface area (Å²) in [5.41, 5.74) is 3.27. The molecular formula is C19H23N3O2. The summed E-state index contributed by atoms with van der Waals surface area (Å²) in [4.78, 5) is 21.5. The minimum atomic E-state index is -0.148. The first-order valence-corrected chi connectivity index (χ1v) is 8.50. The second kappa shape index (κ2) is 7.53. The summed E-state index contributed by atoms with van der Waals surface area (Å²) in [6.45, 7) is 5.35. The van der Waals surface area contributed by atoms with Crippen LogP contribution in [-0.2, 0) is 11.2 Å². The topological polar surface area (TPSA) is 64.1 Å². The van der Waals surface area contributed by atoms with Gasteiger partial charge in [0.1, 0.15) is 5.82 Å². The highest BCUT2D eigenvalue weighted by molar-refractivity contribution is 5.99. The van der Waals surface area contributed by atoms with E-state index in [4.69, 9.17) is 4.74 Å². The third-order valence-electron chi connectivity index (χ3n) is 4.21. The first kappa shape index (κ1) is 16.6. The Morgan fingerprint density at radius 2 is 2.29 bits per heavy atom. The van der Waals surface area contributed by atoms with E-state index in [2.05, 4.69) is 15.3 Å². The number of rotatable bonds is 5. The van der Waals surface area contributed by atoms with E-state index in [0.717, 1.165) is 42.8 Å². The Morgan fingerprint density at radius 1 is 1.42 bits per heavy atom. The van der Waals surface area contributed by atoms with E-state index in [0.29, 0.717) is 17.8 Å². The molecule has 5 nitrogen and oxygen atoms in total. The van der Waals surface area contributed by atoms with Gasteiger partial charge in [0.25, 0.3) is 5.91 Å². The number of carbonyl (C=O) groups is 1. The molecule has 0 bridgehead atoms. The molecule has 3 rings (SSSR count). The summed E-state index contributed by atoms with van der Waals surface area (Å²) >= 11 is 0. The van der Waals surface area contributed by atoms with Crippen LogP contribution in [0.4, 0.5) is 0 Å². The summed E-state index contributed by atoms with van der Waals surface area (Å²) in [6.07, 6.45) is 4.54. The van der Waals surface area contributed by atoms with E-state index in [1.165, 1.54) is 0 Å². The maximum atomic E-state index is 12.6. The lowest BCUT2D eigenvalue weighted by atomic mass is 10.0. The summed E-state index contributed by atoms with van der Waals surface area (Å²) in [5, 5.41) is 2.96. The Morgan fingerprint density at radius 3 is 3.00 bits per heavy atom. The largest absolute Gasteiger partial charge is 0.376 e. The maximum absolute atomic E-state index is 12.6. The molecule has 0 radical (unpaired) electrons. The molecule has 0 spiro atoms. The normalized spacial score (nSPS) is 17.0. The van der Waals surface area contributed by atoms with Gasteiger partial charge in [-0.05, 0) is 25.8 Å². The lowest BCUT2D eigenvalue weighted by Gasteiger charge is -2.13. The van der Waals surface area contributed by atoms with E-state index in [1.807, 2.05) is 38.1 Å². The lowest BCUT2D eigenvalue weighted by molar-refractivity contribution is 0.0857. The predicted octanol–water partition coefficient (Wildman–Crippen LogP) is 2.92. The van der Waals surface area contributed by atoms with Gasteiger partial charge >= 0.3 is 0 Å². The molecule has 2 heterocycles. The summed E-state index contributed by atoms with van der Waals surface area (Å²) in [5.74, 6) is 0.590. The van der Waals surface area contributed by atoms with Crippen molar-refractivity contribution in [3.63, 3.8) is 0 Å². The van der Waals surface area contributed by atoms with Crippen molar-refractivity contribution in [2.75, 3.05) is 13.2 Å². The van der Waals surface area contributed by atoms with Gasteiger partial charge in [0.15, 0.2) is 0 Å². The molecule has 0 unspecified atom stereocenters. The molecule has 0 aliphatic carbocycles. The molecule has 1 aromatic carbocycles. The fourth-order valence-corrected chi connectivity index (χ4v) is 2.87. The summed E-state index contributed by atoms with van der Waals surface area (Å²) in [7, 11) is 0. The molecule has 1 atom stereocenters. The van der Waals surface area contributed by atoms with Gasteiger partial charge in [-0.1, -0.05) is 30.7 Å². The van der Waals surface area contributed by atoms with Crippen molar-refractivity contribution in [2.24, 2.45) is 0 Å². The molecular weight excluding hydrogens is 302 g/mol. The minimum Gasteiger partial charge on any atom is -0.376 e. The van der Waals surface area contributed by atoms with Crippen molar-refractivity contribution in [3.8, 4) is 11.3 Å². The average molecular weight is 325 g/mol. The van der Waals surface area contributed by atoms with E-state index in [9.17, 15) is 4.79 Å². The van der Waals surface area contributed by atoms with Gasteiger partial charge in [0.05, 0.1) is 17.4 Å². The Bertz CT molecular complexity index is 724. The average Bonchev–Trinajstić information content (AvgIpc) is 3.12. The smallest absolute Gasteiger partial charge is 0.255 e. The molecule has 5 heteroatoms. The lowest BCUT2D eigenvalue weighted by Crippen LogP contribution is -2.32. The van der Waals surface area contributed by atoms with Gasteiger partial charge in [0.2, 0.25) is 0 Å². The molecule has 1 amide bonds. The number of benzene rings is 1. The van der Waals surface area contributed by atoms with Crippen molar-refractivity contribution in [1.82, 2.24) is 15.3 Å². The standard InChI is InChI=1S/C19H23N3O2/c1-3-17-20-12-16(19(23)21-11-15-8-5-9-24-15)18(22-17)14-7-4-6-13(2)10-14/h4,6-7,10,12,15H,3,5,8-9,11H2,1-2H3,(H,21,23)/t15-/m0/s1. The molecule has 1 fully saturated rings. The Kier molecular flexibility index (Phi) is 5.20. The summed E-state index contributed by atoms with van der Waals surface area (Å²) in [6, 6.07) is 8.03. The van der Waals surface area contributed by atoms with Crippen LogP contribution in [0.3, 0.4) is 0 Å². The van der Waals surface area contributed by atoms with E-state index in [-0.39, 0.29) is 12.0 Å². The van der Waals surface area contributed by atoms with Gasteiger partial charge in [-0.3, -0.25) is 4.79 Å².